The summed E-state index contributed by atoms with van der Waals surface area (Å²) in [5, 5.41) is 0.839. The highest BCUT2D eigenvalue weighted by Gasteiger charge is 2.34. The molecular weight excluding hydrogens is 319 g/mol. The maximum atomic E-state index is 13.5. The van der Waals surface area contributed by atoms with Crippen molar-refractivity contribution in [1.82, 2.24) is 19.9 Å². The summed E-state index contributed by atoms with van der Waals surface area (Å²) in [5.41, 5.74) is -0.0376. The zero-order chi connectivity index (χ0) is 16.7. The Balaban J connectivity index is 1.96. The van der Waals surface area contributed by atoms with Gasteiger partial charge in [0.25, 0.3) is 11.5 Å². The molecule has 0 spiro atoms. The summed E-state index contributed by atoms with van der Waals surface area (Å²) in [5.74, 6) is -0.641. The van der Waals surface area contributed by atoms with Gasteiger partial charge in [0, 0.05) is 6.54 Å². The van der Waals surface area contributed by atoms with Crippen molar-refractivity contribution in [3.8, 4) is 0 Å². The average Bonchev–Trinajstić information content (AvgIpc) is 3.10. The molecule has 122 valence electrons. The van der Waals surface area contributed by atoms with E-state index < -0.39 is 11.4 Å². The topological polar surface area (TPSA) is 79.0 Å². The summed E-state index contributed by atoms with van der Waals surface area (Å²) in [6.45, 7) is 5.70. The largest absolute Gasteiger partial charge is 0.328 e. The van der Waals surface area contributed by atoms with Gasteiger partial charge in [-0.25, -0.2) is 9.97 Å². The van der Waals surface area contributed by atoms with E-state index in [4.69, 9.17) is 0 Å². The lowest BCUT2D eigenvalue weighted by Crippen LogP contribution is -2.33. The number of aromatic nitrogens is 3. The smallest absolute Gasteiger partial charge is 0.287 e. The first-order valence-electron chi connectivity index (χ1n) is 7.39. The monoisotopic (exact) mass is 336 g/mol. The van der Waals surface area contributed by atoms with Crippen LogP contribution in [0.15, 0.2) is 4.79 Å². The Morgan fingerprint density at radius 2 is 2.04 bits per heavy atom. The summed E-state index contributed by atoms with van der Waals surface area (Å²) in [7, 11) is 0. The lowest BCUT2D eigenvalue weighted by Gasteiger charge is -2.23. The van der Waals surface area contributed by atoms with Gasteiger partial charge in [-0.15, -0.1) is 11.3 Å². The maximum Gasteiger partial charge on any atom is 0.287 e. The van der Waals surface area contributed by atoms with Gasteiger partial charge in [-0.1, -0.05) is 0 Å². The highest BCUT2D eigenvalue weighted by Crippen LogP contribution is 2.32. The number of aromatic amines is 1. The van der Waals surface area contributed by atoms with Gasteiger partial charge in [0.15, 0.2) is 0 Å². The molecule has 0 unspecified atom stereocenters. The number of nitrogens with one attached hydrogen (secondary N) is 1. The molecule has 8 heteroatoms. The van der Waals surface area contributed by atoms with E-state index in [1.54, 1.807) is 4.90 Å². The highest BCUT2D eigenvalue weighted by molar-refractivity contribution is 7.13. The molecule has 1 amide bonds. The molecule has 0 aromatic carbocycles. The van der Waals surface area contributed by atoms with Gasteiger partial charge < -0.3 is 9.88 Å². The van der Waals surface area contributed by atoms with Gasteiger partial charge in [0.1, 0.15) is 10.7 Å². The van der Waals surface area contributed by atoms with Crippen LogP contribution in [-0.4, -0.2) is 32.3 Å². The number of likely N-dealkylation sites (tertiary alicyclic amines) is 1. The fraction of sp³-hybridized carbons (Fsp3) is 0.467. The number of H-pyrrole nitrogens is 1. The number of nitrogens with zero attached hydrogens (tertiary/aromatic N) is 3. The summed E-state index contributed by atoms with van der Waals surface area (Å²) in [6.07, 6.45) is 1.50. The molecule has 0 saturated carbocycles. The van der Waals surface area contributed by atoms with E-state index in [0.717, 1.165) is 11.4 Å². The van der Waals surface area contributed by atoms with Crippen LogP contribution in [0.4, 0.5) is 4.39 Å². The molecule has 1 fully saturated rings. The highest BCUT2D eigenvalue weighted by atomic mass is 32.1. The molecule has 1 aliphatic rings. The van der Waals surface area contributed by atoms with Crippen LogP contribution in [-0.2, 0) is 0 Å². The zero-order valence-electron chi connectivity index (χ0n) is 13.1. The van der Waals surface area contributed by atoms with E-state index in [0.29, 0.717) is 29.4 Å². The Labute approximate surface area is 136 Å². The van der Waals surface area contributed by atoms with E-state index in [1.165, 1.54) is 18.3 Å². The molecular formula is C15H17FN4O2S. The van der Waals surface area contributed by atoms with Crippen LogP contribution in [0.2, 0.25) is 0 Å². The van der Waals surface area contributed by atoms with E-state index >= 15 is 0 Å². The van der Waals surface area contributed by atoms with Gasteiger partial charge >= 0.3 is 0 Å². The summed E-state index contributed by atoms with van der Waals surface area (Å²) >= 11 is 1.36. The summed E-state index contributed by atoms with van der Waals surface area (Å²) in [4.78, 5) is 37.6. The van der Waals surface area contributed by atoms with Crippen molar-refractivity contribution in [3.05, 3.63) is 43.3 Å². The molecule has 0 bridgehead atoms. The van der Waals surface area contributed by atoms with E-state index in [9.17, 15) is 14.0 Å². The van der Waals surface area contributed by atoms with Crippen molar-refractivity contribution >= 4 is 17.2 Å². The number of aryl methyl sites for hydroxylation is 3. The van der Waals surface area contributed by atoms with Gasteiger partial charge in [-0.05, 0) is 33.6 Å². The Morgan fingerprint density at radius 1 is 1.30 bits per heavy atom. The second-order valence-electron chi connectivity index (χ2n) is 5.65. The number of rotatable bonds is 2. The zero-order valence-corrected chi connectivity index (χ0v) is 14.0. The number of hydrogen-bond acceptors (Lipinski definition) is 5. The standard InChI is InChI=1S/C15H17FN4O2S/c1-7-11(16)14(21)19-13(18-7)10-5-4-6-20(10)15(22)12-8(2)17-9(3)23-12/h10H,4-6H2,1-3H3,(H,18,19,21)/t10-/m0/s1. The van der Waals surface area contributed by atoms with Crippen LogP contribution >= 0.6 is 11.3 Å². The summed E-state index contributed by atoms with van der Waals surface area (Å²) < 4.78 is 13.5. The first kappa shape index (κ1) is 15.8. The molecule has 1 atom stereocenters. The Morgan fingerprint density at radius 3 is 2.65 bits per heavy atom. The molecule has 0 radical (unpaired) electrons. The van der Waals surface area contributed by atoms with Crippen LogP contribution in [0.5, 0.6) is 0 Å². The maximum absolute atomic E-state index is 13.5. The molecule has 1 N–H and O–H groups in total. The molecule has 2 aromatic heterocycles. The van der Waals surface area contributed by atoms with Gasteiger partial charge in [-0.2, -0.15) is 4.39 Å². The van der Waals surface area contributed by atoms with Crippen LogP contribution in [0.1, 0.15) is 50.8 Å². The van der Waals surface area contributed by atoms with Crippen LogP contribution in [0, 0.1) is 26.6 Å². The number of carbonyl (C=O) groups excluding carboxylic acids is 1. The number of halogens is 1. The first-order chi connectivity index (χ1) is 10.9. The molecule has 2 aromatic rings. The molecule has 3 heterocycles. The van der Waals surface area contributed by atoms with Crippen molar-refractivity contribution in [2.45, 2.75) is 39.7 Å². The van der Waals surface area contributed by atoms with Crippen molar-refractivity contribution in [2.75, 3.05) is 6.54 Å². The van der Waals surface area contributed by atoms with Crippen LogP contribution < -0.4 is 5.56 Å². The van der Waals surface area contributed by atoms with Gasteiger partial charge in [0.05, 0.1) is 22.4 Å². The first-order valence-corrected chi connectivity index (χ1v) is 8.21. The molecule has 3 rings (SSSR count). The minimum Gasteiger partial charge on any atom is -0.328 e. The molecule has 23 heavy (non-hydrogen) atoms. The van der Waals surface area contributed by atoms with Crippen LogP contribution in [0.3, 0.4) is 0 Å². The Hall–Kier alpha value is -2.09. The van der Waals surface area contributed by atoms with E-state index in [1.807, 2.05) is 13.8 Å². The fourth-order valence-corrected chi connectivity index (χ4v) is 3.78. The Kier molecular flexibility index (Phi) is 4.01. The lowest BCUT2D eigenvalue weighted by atomic mass is 10.2. The number of hydrogen-bond donors (Lipinski definition) is 1. The van der Waals surface area contributed by atoms with Crippen LogP contribution in [0.25, 0.3) is 0 Å². The normalized spacial score (nSPS) is 17.7. The second kappa shape index (κ2) is 5.84. The SMILES string of the molecule is Cc1nc(C)c(C(=O)N2CCC[C@H]2c2nc(C)c(F)c(=O)[nH]2)s1. The predicted octanol–water partition coefficient (Wildman–Crippen LogP) is 2.27. The lowest BCUT2D eigenvalue weighted by molar-refractivity contribution is 0.0733. The molecule has 0 aliphatic carbocycles. The summed E-state index contributed by atoms with van der Waals surface area (Å²) in [6, 6.07) is -0.337. The molecule has 6 nitrogen and oxygen atoms in total. The Bertz CT molecular complexity index is 829. The quantitative estimate of drug-likeness (QED) is 0.912. The van der Waals surface area contributed by atoms with Gasteiger partial charge in [-0.3, -0.25) is 9.59 Å². The van der Waals surface area contributed by atoms with E-state index in [2.05, 4.69) is 15.0 Å². The minimum atomic E-state index is -0.876. The fourth-order valence-electron chi connectivity index (χ4n) is 2.91. The second-order valence-corrected chi connectivity index (χ2v) is 6.86. The van der Waals surface area contributed by atoms with Crippen molar-refractivity contribution in [3.63, 3.8) is 0 Å². The van der Waals surface area contributed by atoms with E-state index in [-0.39, 0.29) is 17.6 Å². The third kappa shape index (κ3) is 2.78. The number of thiazole rings is 1. The van der Waals surface area contributed by atoms with Crippen molar-refractivity contribution in [2.24, 2.45) is 0 Å². The molecule has 1 saturated heterocycles. The third-order valence-corrected chi connectivity index (χ3v) is 5.03. The van der Waals surface area contributed by atoms with Crippen molar-refractivity contribution in [1.29, 1.82) is 0 Å². The number of carbonyl (C=O) groups is 1. The average molecular weight is 336 g/mol. The minimum absolute atomic E-state index is 0.0489. The van der Waals surface area contributed by atoms with Crippen molar-refractivity contribution < 1.29 is 9.18 Å². The third-order valence-electron chi connectivity index (χ3n) is 3.97. The van der Waals surface area contributed by atoms with Gasteiger partial charge in [0.2, 0.25) is 5.82 Å². The predicted molar refractivity (Wildman–Crippen MR) is 84.2 cm³/mol. The number of amides is 1. The molecule has 1 aliphatic heterocycles.